The summed E-state index contributed by atoms with van der Waals surface area (Å²) in [5.41, 5.74) is 0.442. The van der Waals surface area contributed by atoms with Gasteiger partial charge in [0.2, 0.25) is 0 Å². The third-order valence-corrected chi connectivity index (χ3v) is 2.51. The van der Waals surface area contributed by atoms with Crippen LogP contribution in [0.3, 0.4) is 0 Å². The molecule has 0 saturated carbocycles. The second kappa shape index (κ2) is 3.76. The lowest BCUT2D eigenvalue weighted by molar-refractivity contribution is 0.112. The molecule has 1 heterocycles. The molecule has 70 valence electrons. The number of halogens is 1. The Kier molecular flexibility index (Phi) is 2.46. The maximum Gasteiger partial charge on any atom is 0.153 e. The summed E-state index contributed by atoms with van der Waals surface area (Å²) < 4.78 is 0. The predicted octanol–water partition coefficient (Wildman–Crippen LogP) is 1.07. The van der Waals surface area contributed by atoms with Crippen LogP contribution in [0.4, 0.5) is 0 Å². The van der Waals surface area contributed by atoms with E-state index < -0.39 is 0 Å². The highest BCUT2D eigenvalue weighted by Gasteiger charge is 2.02. The highest BCUT2D eigenvalue weighted by molar-refractivity contribution is 6.33. The molecule has 0 N–H and O–H groups in total. The largest absolute Gasteiger partial charge is 0.298 e. The number of aromatic nitrogens is 1. The Labute approximate surface area is 86.2 Å². The summed E-state index contributed by atoms with van der Waals surface area (Å²) in [5, 5.41) is 2.15. The van der Waals surface area contributed by atoms with Crippen molar-refractivity contribution >= 4 is 30.0 Å². The van der Waals surface area contributed by atoms with Gasteiger partial charge in [-0.15, -0.1) is 0 Å². The van der Waals surface area contributed by atoms with Gasteiger partial charge in [-0.2, -0.15) is 0 Å². The monoisotopic (exact) mass is 205 g/mol. The lowest BCUT2D eigenvalue weighted by Gasteiger charge is -1.96. The lowest BCUT2D eigenvalue weighted by Crippen LogP contribution is -2.29. The molecule has 0 fully saturated rings. The molecular formula is C11H8ClNO. The summed E-state index contributed by atoms with van der Waals surface area (Å²) in [7, 11) is 0. The first kappa shape index (κ1) is 9.16. The van der Waals surface area contributed by atoms with Crippen molar-refractivity contribution in [2.24, 2.45) is 0 Å². The molecule has 0 radical (unpaired) electrons. The molecule has 14 heavy (non-hydrogen) atoms. The van der Waals surface area contributed by atoms with Crippen LogP contribution in [0, 0.1) is 0 Å². The van der Waals surface area contributed by atoms with E-state index in [0.717, 1.165) is 23.3 Å². The van der Waals surface area contributed by atoms with Crippen LogP contribution in [0.1, 0.15) is 16.8 Å². The minimum atomic E-state index is 0.442. The first-order valence-electron chi connectivity index (χ1n) is 4.29. The minimum absolute atomic E-state index is 0.442. The quantitative estimate of drug-likeness (QED) is 0.642. The summed E-state index contributed by atoms with van der Waals surface area (Å²) in [6.07, 6.45) is 10.8. The molecule has 1 aliphatic rings. The van der Waals surface area contributed by atoms with Crippen molar-refractivity contribution in [1.82, 2.24) is 4.98 Å². The average molecular weight is 206 g/mol. The molecule has 0 aliphatic heterocycles. The van der Waals surface area contributed by atoms with E-state index in [1.54, 1.807) is 0 Å². The van der Waals surface area contributed by atoms with Gasteiger partial charge < -0.3 is 0 Å². The standard InChI is InChI=1S/C11H8ClNO/c12-11-8(7-14)6-13-10-5-3-1-2-4-9(10)11/h1,3-7H,2H2. The van der Waals surface area contributed by atoms with E-state index >= 15 is 0 Å². The number of fused-ring (bicyclic) bond motifs is 1. The fraction of sp³-hybridized carbons (Fsp3) is 0.0909. The maximum atomic E-state index is 10.6. The number of aldehydes is 1. The van der Waals surface area contributed by atoms with E-state index in [0.29, 0.717) is 10.6 Å². The van der Waals surface area contributed by atoms with Gasteiger partial charge >= 0.3 is 0 Å². The van der Waals surface area contributed by atoms with Crippen LogP contribution < -0.4 is 10.6 Å². The van der Waals surface area contributed by atoms with Crippen molar-refractivity contribution in [2.45, 2.75) is 6.42 Å². The van der Waals surface area contributed by atoms with E-state index in [9.17, 15) is 4.79 Å². The van der Waals surface area contributed by atoms with Crippen molar-refractivity contribution in [1.29, 1.82) is 0 Å². The van der Waals surface area contributed by atoms with Gasteiger partial charge in [-0.3, -0.25) is 9.78 Å². The van der Waals surface area contributed by atoms with Crippen molar-refractivity contribution in [3.8, 4) is 0 Å². The second-order valence-corrected chi connectivity index (χ2v) is 3.36. The Morgan fingerprint density at radius 1 is 1.50 bits per heavy atom. The van der Waals surface area contributed by atoms with Gasteiger partial charge in [0.15, 0.2) is 6.29 Å². The van der Waals surface area contributed by atoms with Crippen LogP contribution in [-0.4, -0.2) is 11.3 Å². The van der Waals surface area contributed by atoms with Gasteiger partial charge in [0.05, 0.1) is 15.9 Å². The van der Waals surface area contributed by atoms with Crippen molar-refractivity contribution in [2.75, 3.05) is 0 Å². The van der Waals surface area contributed by atoms with Crippen LogP contribution in [0.2, 0.25) is 5.02 Å². The Morgan fingerprint density at radius 2 is 2.36 bits per heavy atom. The van der Waals surface area contributed by atoms with Crippen molar-refractivity contribution in [3.05, 3.63) is 39.5 Å². The molecule has 1 aromatic rings. The molecule has 0 amide bonds. The fourth-order valence-corrected chi connectivity index (χ4v) is 1.63. The third-order valence-electron chi connectivity index (χ3n) is 2.08. The Bertz CT molecular complexity index is 517. The molecule has 3 heteroatoms. The molecule has 0 atom stereocenters. The summed E-state index contributed by atoms with van der Waals surface area (Å²) in [4.78, 5) is 14.8. The summed E-state index contributed by atoms with van der Waals surface area (Å²) in [5.74, 6) is 0. The van der Waals surface area contributed by atoms with E-state index in [4.69, 9.17) is 11.6 Å². The van der Waals surface area contributed by atoms with Crippen LogP contribution in [0.25, 0.3) is 12.2 Å². The summed E-state index contributed by atoms with van der Waals surface area (Å²) in [6.45, 7) is 0. The molecule has 2 rings (SSSR count). The average Bonchev–Trinajstić information content (AvgIpc) is 2.44. The molecule has 0 unspecified atom stereocenters. The van der Waals surface area contributed by atoms with Crippen LogP contribution in [0.15, 0.2) is 18.3 Å². The van der Waals surface area contributed by atoms with Gasteiger partial charge in [-0.25, -0.2) is 0 Å². The SMILES string of the molecule is O=Cc1cnc2c(c1Cl)=CCC=CC=2. The summed E-state index contributed by atoms with van der Waals surface area (Å²) in [6, 6.07) is 0. The molecule has 0 spiro atoms. The van der Waals surface area contributed by atoms with Crippen LogP contribution in [0.5, 0.6) is 0 Å². The fourth-order valence-electron chi connectivity index (χ4n) is 1.37. The minimum Gasteiger partial charge on any atom is -0.298 e. The second-order valence-electron chi connectivity index (χ2n) is 2.98. The number of hydrogen-bond donors (Lipinski definition) is 0. The Morgan fingerprint density at radius 3 is 3.14 bits per heavy atom. The van der Waals surface area contributed by atoms with Crippen molar-refractivity contribution < 1.29 is 4.79 Å². The zero-order chi connectivity index (χ0) is 9.97. The molecule has 0 saturated heterocycles. The Balaban J connectivity index is 2.84. The molecule has 2 nitrogen and oxygen atoms in total. The highest BCUT2D eigenvalue weighted by Crippen LogP contribution is 2.05. The van der Waals surface area contributed by atoms with Gasteiger partial charge in [0.1, 0.15) is 0 Å². The number of pyridine rings is 1. The number of carbonyl (C=O) groups is 1. The number of hydrogen-bond acceptors (Lipinski definition) is 2. The third kappa shape index (κ3) is 1.49. The molecular weight excluding hydrogens is 198 g/mol. The van der Waals surface area contributed by atoms with Gasteiger partial charge in [0.25, 0.3) is 0 Å². The predicted molar refractivity (Wildman–Crippen MR) is 56.6 cm³/mol. The zero-order valence-corrected chi connectivity index (χ0v) is 8.16. The number of allylic oxidation sites excluding steroid dienone is 2. The number of carbonyl (C=O) groups excluding carboxylic acids is 1. The highest BCUT2D eigenvalue weighted by atomic mass is 35.5. The Hall–Kier alpha value is -1.41. The zero-order valence-electron chi connectivity index (χ0n) is 7.40. The number of nitrogens with zero attached hydrogens (tertiary/aromatic N) is 1. The molecule has 1 aliphatic carbocycles. The molecule has 1 aromatic heterocycles. The van der Waals surface area contributed by atoms with Gasteiger partial charge in [-0.05, 0) is 12.5 Å². The van der Waals surface area contributed by atoms with E-state index in [1.165, 1.54) is 6.20 Å². The summed E-state index contributed by atoms with van der Waals surface area (Å²) >= 11 is 6.05. The van der Waals surface area contributed by atoms with E-state index in [-0.39, 0.29) is 0 Å². The smallest absolute Gasteiger partial charge is 0.153 e. The van der Waals surface area contributed by atoms with Crippen LogP contribution in [-0.2, 0) is 0 Å². The topological polar surface area (TPSA) is 30.0 Å². The molecule has 0 bridgehead atoms. The van der Waals surface area contributed by atoms with Gasteiger partial charge in [-0.1, -0.05) is 29.8 Å². The van der Waals surface area contributed by atoms with Crippen LogP contribution >= 0.6 is 11.6 Å². The van der Waals surface area contributed by atoms with E-state index in [2.05, 4.69) is 4.98 Å². The first-order valence-corrected chi connectivity index (χ1v) is 4.67. The van der Waals surface area contributed by atoms with Crippen molar-refractivity contribution in [3.63, 3.8) is 0 Å². The normalized spacial score (nSPS) is 13.5. The molecule has 0 aromatic carbocycles. The first-order chi connectivity index (χ1) is 6.83. The van der Waals surface area contributed by atoms with E-state index in [1.807, 2.05) is 24.3 Å². The number of rotatable bonds is 1. The van der Waals surface area contributed by atoms with Gasteiger partial charge in [0, 0.05) is 11.4 Å². The lowest BCUT2D eigenvalue weighted by atomic mass is 10.2. The maximum absolute atomic E-state index is 10.6.